The van der Waals surface area contributed by atoms with Gasteiger partial charge in [-0.1, -0.05) is 49.5 Å². The molecule has 5 nitrogen and oxygen atoms in total. The van der Waals surface area contributed by atoms with Gasteiger partial charge >= 0.3 is 0 Å². The van der Waals surface area contributed by atoms with Crippen molar-refractivity contribution in [3.8, 4) is 0 Å². The van der Waals surface area contributed by atoms with Crippen LogP contribution in [0, 0.1) is 11.8 Å². The Labute approximate surface area is 160 Å². The maximum Gasteiger partial charge on any atom is 0.265 e. The summed E-state index contributed by atoms with van der Waals surface area (Å²) in [5.41, 5.74) is 3.26. The summed E-state index contributed by atoms with van der Waals surface area (Å²) in [6.45, 7) is 10.4. The summed E-state index contributed by atoms with van der Waals surface area (Å²) in [5.74, 6) is 1.42. The first-order valence-electron chi connectivity index (χ1n) is 9.45. The van der Waals surface area contributed by atoms with Gasteiger partial charge < -0.3 is 5.32 Å². The molecule has 1 saturated heterocycles. The lowest BCUT2D eigenvalue weighted by molar-refractivity contribution is 0.0953. The van der Waals surface area contributed by atoms with Crippen molar-refractivity contribution in [1.29, 1.82) is 0 Å². The first-order chi connectivity index (χ1) is 12.6. The molecule has 2 aromatic rings. The molecule has 1 aliphatic heterocycles. The molecule has 140 valence electrons. The van der Waals surface area contributed by atoms with Gasteiger partial charge in [0.25, 0.3) is 5.91 Å². The second-order valence-corrected chi connectivity index (χ2v) is 8.25. The van der Waals surface area contributed by atoms with Crippen LogP contribution in [0.5, 0.6) is 0 Å². The summed E-state index contributed by atoms with van der Waals surface area (Å²) < 4.78 is 3.90. The van der Waals surface area contributed by atoms with Gasteiger partial charge in [-0.3, -0.25) is 9.69 Å². The van der Waals surface area contributed by atoms with Crippen LogP contribution in [0.15, 0.2) is 24.3 Å². The number of nitrogens with zero attached hydrogens (tertiary/aromatic N) is 3. The lowest BCUT2D eigenvalue weighted by atomic mass is 9.91. The Bertz CT molecular complexity index is 735. The average molecular weight is 373 g/mol. The van der Waals surface area contributed by atoms with Crippen LogP contribution in [0.4, 0.5) is 0 Å². The third-order valence-electron chi connectivity index (χ3n) is 4.99. The number of likely N-dealkylation sites (tertiary alicyclic amines) is 1. The monoisotopic (exact) mass is 372 g/mol. The summed E-state index contributed by atoms with van der Waals surface area (Å²) in [6, 6.07) is 8.41. The van der Waals surface area contributed by atoms with Gasteiger partial charge in [-0.25, -0.2) is 0 Å². The van der Waals surface area contributed by atoms with E-state index in [0.29, 0.717) is 11.4 Å². The van der Waals surface area contributed by atoms with Crippen molar-refractivity contribution in [3.05, 3.63) is 46.0 Å². The first kappa shape index (κ1) is 19.0. The zero-order chi connectivity index (χ0) is 18.5. The second-order valence-electron chi connectivity index (χ2n) is 7.49. The zero-order valence-electron chi connectivity index (χ0n) is 15.9. The first-order valence-corrected chi connectivity index (χ1v) is 10.2. The van der Waals surface area contributed by atoms with Crippen LogP contribution in [0.2, 0.25) is 0 Å². The Morgan fingerprint density at radius 3 is 2.62 bits per heavy atom. The molecule has 6 heteroatoms. The van der Waals surface area contributed by atoms with Crippen LogP contribution in [-0.2, 0) is 19.5 Å². The van der Waals surface area contributed by atoms with Crippen molar-refractivity contribution < 1.29 is 4.79 Å². The van der Waals surface area contributed by atoms with E-state index >= 15 is 0 Å². The van der Waals surface area contributed by atoms with Gasteiger partial charge in [0.15, 0.2) is 0 Å². The molecule has 1 aromatic carbocycles. The topological polar surface area (TPSA) is 58.1 Å². The third-order valence-corrected chi connectivity index (χ3v) is 5.76. The van der Waals surface area contributed by atoms with Gasteiger partial charge in [-0.15, -0.1) is 5.10 Å². The number of aryl methyl sites for hydroxylation is 1. The van der Waals surface area contributed by atoms with Gasteiger partial charge in [-0.05, 0) is 47.3 Å². The molecule has 1 amide bonds. The van der Waals surface area contributed by atoms with Crippen molar-refractivity contribution in [2.75, 3.05) is 13.1 Å². The number of benzene rings is 1. The van der Waals surface area contributed by atoms with Crippen molar-refractivity contribution in [2.45, 2.75) is 46.7 Å². The van der Waals surface area contributed by atoms with Gasteiger partial charge in [-0.2, -0.15) is 0 Å². The number of carbonyl (C=O) groups excluding carboxylic acids is 1. The number of rotatable bonds is 6. The van der Waals surface area contributed by atoms with Crippen LogP contribution >= 0.6 is 11.5 Å². The minimum absolute atomic E-state index is 0.0770. The number of aromatic nitrogens is 2. The highest BCUT2D eigenvalue weighted by atomic mass is 32.1. The Balaban J connectivity index is 1.65. The summed E-state index contributed by atoms with van der Waals surface area (Å²) in [4.78, 5) is 15.6. The molecule has 2 heterocycles. The highest BCUT2D eigenvalue weighted by Gasteiger charge is 2.22. The Morgan fingerprint density at radius 1 is 1.23 bits per heavy atom. The van der Waals surface area contributed by atoms with Gasteiger partial charge in [0, 0.05) is 26.2 Å². The Kier molecular flexibility index (Phi) is 6.38. The van der Waals surface area contributed by atoms with E-state index in [4.69, 9.17) is 0 Å². The minimum atomic E-state index is -0.0770. The molecule has 2 atom stereocenters. The lowest BCUT2D eigenvalue weighted by Crippen LogP contribution is -2.38. The molecule has 0 bridgehead atoms. The normalized spacial score (nSPS) is 20.9. The predicted octanol–water partition coefficient (Wildman–Crippen LogP) is 3.51. The highest BCUT2D eigenvalue weighted by Crippen LogP contribution is 2.23. The SMILES string of the molecule is CCc1nnsc1C(=O)NCc1ccccc1CN1C[C@H](C)C[C@@H](C)C1. The van der Waals surface area contributed by atoms with Crippen LogP contribution < -0.4 is 5.32 Å². The van der Waals surface area contributed by atoms with E-state index in [1.807, 2.05) is 13.0 Å². The minimum Gasteiger partial charge on any atom is -0.347 e. The molecular weight excluding hydrogens is 344 g/mol. The van der Waals surface area contributed by atoms with E-state index < -0.39 is 0 Å². The molecule has 3 rings (SSSR count). The third kappa shape index (κ3) is 4.68. The Hall–Kier alpha value is -1.79. The Morgan fingerprint density at radius 2 is 1.92 bits per heavy atom. The zero-order valence-corrected chi connectivity index (χ0v) is 16.7. The predicted molar refractivity (Wildman–Crippen MR) is 105 cm³/mol. The highest BCUT2D eigenvalue weighted by molar-refractivity contribution is 7.08. The summed E-state index contributed by atoms with van der Waals surface area (Å²) >= 11 is 1.17. The maximum absolute atomic E-state index is 12.5. The average Bonchev–Trinajstić information content (AvgIpc) is 3.08. The van der Waals surface area contributed by atoms with E-state index in [-0.39, 0.29) is 5.91 Å². The fourth-order valence-electron chi connectivity index (χ4n) is 3.91. The van der Waals surface area contributed by atoms with Gasteiger partial charge in [0.2, 0.25) is 0 Å². The summed E-state index contributed by atoms with van der Waals surface area (Å²) in [6.07, 6.45) is 2.04. The number of nitrogens with one attached hydrogen (secondary N) is 1. The number of piperidine rings is 1. The number of hydrogen-bond acceptors (Lipinski definition) is 5. The van der Waals surface area contributed by atoms with Crippen molar-refractivity contribution in [2.24, 2.45) is 11.8 Å². The van der Waals surface area contributed by atoms with Gasteiger partial charge in [0.1, 0.15) is 4.88 Å². The lowest BCUT2D eigenvalue weighted by Gasteiger charge is -2.35. The second kappa shape index (κ2) is 8.73. The molecule has 26 heavy (non-hydrogen) atoms. The van der Waals surface area contributed by atoms with E-state index in [1.54, 1.807) is 0 Å². The quantitative estimate of drug-likeness (QED) is 0.843. The smallest absolute Gasteiger partial charge is 0.265 e. The summed E-state index contributed by atoms with van der Waals surface area (Å²) in [5, 5.41) is 7.07. The maximum atomic E-state index is 12.5. The molecule has 0 radical (unpaired) electrons. The van der Waals surface area contributed by atoms with E-state index in [9.17, 15) is 4.79 Å². The molecular formula is C20H28N4OS. The van der Waals surface area contributed by atoms with Crippen LogP contribution in [-0.4, -0.2) is 33.5 Å². The molecule has 0 unspecified atom stereocenters. The largest absolute Gasteiger partial charge is 0.347 e. The molecule has 0 saturated carbocycles. The number of amides is 1. The van der Waals surface area contributed by atoms with Crippen LogP contribution in [0.1, 0.15) is 53.7 Å². The van der Waals surface area contributed by atoms with Crippen LogP contribution in [0.25, 0.3) is 0 Å². The van der Waals surface area contributed by atoms with Crippen molar-refractivity contribution in [1.82, 2.24) is 19.8 Å². The standard InChI is InChI=1S/C20H28N4OS/c1-4-18-19(26-23-22-18)20(25)21-10-16-7-5-6-8-17(16)13-24-11-14(2)9-15(3)12-24/h5-8,14-15H,4,9-13H2,1-3H3,(H,21,25)/t14-,15-/m1/s1. The number of carbonyl (C=O) groups is 1. The van der Waals surface area contributed by atoms with Gasteiger partial charge in [0.05, 0.1) is 5.69 Å². The fourth-order valence-corrected chi connectivity index (χ4v) is 4.58. The van der Waals surface area contributed by atoms with Crippen LogP contribution in [0.3, 0.4) is 0 Å². The molecule has 1 N–H and O–H groups in total. The summed E-state index contributed by atoms with van der Waals surface area (Å²) in [7, 11) is 0. The molecule has 0 aliphatic carbocycles. The fraction of sp³-hybridized carbons (Fsp3) is 0.550. The number of hydrogen-bond donors (Lipinski definition) is 1. The molecule has 1 aromatic heterocycles. The van der Waals surface area contributed by atoms with Crippen molar-refractivity contribution >= 4 is 17.4 Å². The van der Waals surface area contributed by atoms with Crippen molar-refractivity contribution in [3.63, 3.8) is 0 Å². The molecule has 1 aliphatic rings. The van der Waals surface area contributed by atoms with E-state index in [0.717, 1.165) is 43.6 Å². The molecule has 0 spiro atoms. The van der Waals surface area contributed by atoms with E-state index in [1.165, 1.54) is 29.1 Å². The van der Waals surface area contributed by atoms with E-state index in [2.05, 4.69) is 51.9 Å². The molecule has 1 fully saturated rings.